The second-order valence-electron chi connectivity index (χ2n) is 8.11. The third-order valence-corrected chi connectivity index (χ3v) is 5.45. The van der Waals surface area contributed by atoms with Crippen LogP contribution in [0.25, 0.3) is 11.6 Å². The average molecular weight is 371 g/mol. The number of esters is 1. The number of hydrogen-bond acceptors (Lipinski definition) is 3. The van der Waals surface area contributed by atoms with Gasteiger partial charge in [-0.15, -0.1) is 0 Å². The first-order chi connectivity index (χ1) is 13.4. The number of hydrogen-bond donors (Lipinski definition) is 0. The van der Waals surface area contributed by atoms with Crippen molar-refractivity contribution in [3.8, 4) is 0 Å². The fourth-order valence-electron chi connectivity index (χ4n) is 3.81. The zero-order valence-corrected chi connectivity index (χ0v) is 16.8. The van der Waals surface area contributed by atoms with E-state index in [1.54, 1.807) is 0 Å². The minimum absolute atomic E-state index is 0.107. The molecular formula is C25H25NO2. The van der Waals surface area contributed by atoms with Crippen LogP contribution in [0.3, 0.4) is 0 Å². The fraction of sp³-hybridized carbons (Fsp3) is 0.240. The van der Waals surface area contributed by atoms with E-state index in [0.717, 1.165) is 28.0 Å². The molecule has 0 aliphatic carbocycles. The van der Waals surface area contributed by atoms with Crippen molar-refractivity contribution in [2.75, 3.05) is 4.90 Å². The Morgan fingerprint density at radius 3 is 2.39 bits per heavy atom. The van der Waals surface area contributed by atoms with E-state index < -0.39 is 5.41 Å². The standard InChI is InChI=1S/C25H25NO2/c1-17(2)23-26-21-13-9-8-12-20(21)19(15-14-18-10-6-5-7-11-18)16-22(26)25(3,4)24(27)28-23/h5-16,22H,1-4H3. The van der Waals surface area contributed by atoms with Crippen molar-refractivity contribution in [3.05, 3.63) is 89.3 Å². The van der Waals surface area contributed by atoms with E-state index in [1.165, 1.54) is 0 Å². The number of carbonyl (C=O) groups excluding carboxylic acids is 1. The van der Waals surface area contributed by atoms with Crippen LogP contribution >= 0.6 is 0 Å². The second-order valence-corrected chi connectivity index (χ2v) is 8.11. The van der Waals surface area contributed by atoms with Crippen LogP contribution in [0.1, 0.15) is 38.8 Å². The predicted molar refractivity (Wildman–Crippen MR) is 114 cm³/mol. The molecule has 1 fully saturated rings. The lowest BCUT2D eigenvalue weighted by Crippen LogP contribution is -2.55. The Morgan fingerprint density at radius 2 is 1.68 bits per heavy atom. The van der Waals surface area contributed by atoms with Gasteiger partial charge >= 0.3 is 5.97 Å². The van der Waals surface area contributed by atoms with Crippen molar-refractivity contribution in [2.45, 2.75) is 33.7 Å². The van der Waals surface area contributed by atoms with Crippen molar-refractivity contribution in [1.82, 2.24) is 0 Å². The van der Waals surface area contributed by atoms with Gasteiger partial charge < -0.3 is 9.64 Å². The van der Waals surface area contributed by atoms with Crippen LogP contribution in [0.5, 0.6) is 0 Å². The SMILES string of the molecule is CC(C)=C1OC(=O)C(C)(C)C2C=C(C=Cc3ccccc3)c3ccccc3N12. The lowest BCUT2D eigenvalue weighted by atomic mass is 9.78. The lowest BCUT2D eigenvalue weighted by molar-refractivity contribution is -0.153. The van der Waals surface area contributed by atoms with Gasteiger partial charge in [0, 0.05) is 5.56 Å². The minimum Gasteiger partial charge on any atom is -0.409 e. The highest BCUT2D eigenvalue weighted by atomic mass is 16.6. The van der Waals surface area contributed by atoms with Gasteiger partial charge in [0.1, 0.15) is 0 Å². The van der Waals surface area contributed by atoms with Crippen LogP contribution in [-0.2, 0) is 9.53 Å². The number of fused-ring (bicyclic) bond motifs is 3. The summed E-state index contributed by atoms with van der Waals surface area (Å²) >= 11 is 0. The summed E-state index contributed by atoms with van der Waals surface area (Å²) in [6.07, 6.45) is 6.46. The Labute approximate surface area is 166 Å². The van der Waals surface area contributed by atoms with E-state index in [9.17, 15) is 4.79 Å². The van der Waals surface area contributed by atoms with Gasteiger partial charge in [0.25, 0.3) is 0 Å². The molecule has 1 saturated heterocycles. The molecule has 28 heavy (non-hydrogen) atoms. The quantitative estimate of drug-likeness (QED) is 0.624. The summed E-state index contributed by atoms with van der Waals surface area (Å²) in [5, 5.41) is 0. The topological polar surface area (TPSA) is 29.5 Å². The Hall–Kier alpha value is -3.07. The van der Waals surface area contributed by atoms with E-state index in [-0.39, 0.29) is 12.0 Å². The Balaban J connectivity index is 1.87. The van der Waals surface area contributed by atoms with Crippen molar-refractivity contribution < 1.29 is 9.53 Å². The van der Waals surface area contributed by atoms with Gasteiger partial charge in [-0.2, -0.15) is 0 Å². The molecule has 2 aliphatic rings. The van der Waals surface area contributed by atoms with Crippen LogP contribution in [-0.4, -0.2) is 12.0 Å². The molecule has 4 rings (SSSR count). The van der Waals surface area contributed by atoms with Crippen molar-refractivity contribution in [3.63, 3.8) is 0 Å². The molecule has 0 spiro atoms. The molecule has 0 saturated carbocycles. The summed E-state index contributed by atoms with van der Waals surface area (Å²) in [6, 6.07) is 18.5. The molecule has 1 unspecified atom stereocenters. The van der Waals surface area contributed by atoms with Crippen molar-refractivity contribution >= 4 is 23.3 Å². The third kappa shape index (κ3) is 2.97. The molecule has 0 aromatic heterocycles. The predicted octanol–water partition coefficient (Wildman–Crippen LogP) is 5.81. The molecule has 0 bridgehead atoms. The Bertz CT molecular complexity index is 1010. The van der Waals surface area contributed by atoms with Gasteiger partial charge in [-0.05, 0) is 50.5 Å². The zero-order valence-electron chi connectivity index (χ0n) is 16.8. The fourth-order valence-corrected chi connectivity index (χ4v) is 3.81. The molecule has 2 aromatic carbocycles. The molecular weight excluding hydrogens is 346 g/mol. The molecule has 3 nitrogen and oxygen atoms in total. The van der Waals surface area contributed by atoms with Gasteiger partial charge in [0.2, 0.25) is 5.88 Å². The number of carbonyl (C=O) groups is 1. The molecule has 0 N–H and O–H groups in total. The number of anilines is 1. The lowest BCUT2D eigenvalue weighted by Gasteiger charge is -2.48. The number of cyclic esters (lactones) is 1. The Morgan fingerprint density at radius 1 is 1.00 bits per heavy atom. The normalized spacial score (nSPS) is 20.4. The molecule has 3 heteroatoms. The zero-order chi connectivity index (χ0) is 19.9. The van der Waals surface area contributed by atoms with E-state index in [0.29, 0.717) is 5.88 Å². The van der Waals surface area contributed by atoms with E-state index in [4.69, 9.17) is 4.74 Å². The molecule has 142 valence electrons. The summed E-state index contributed by atoms with van der Waals surface area (Å²) in [6.45, 7) is 7.87. The molecule has 2 aliphatic heterocycles. The maximum atomic E-state index is 12.8. The summed E-state index contributed by atoms with van der Waals surface area (Å²) in [5.74, 6) is 0.455. The minimum atomic E-state index is -0.654. The molecule has 0 radical (unpaired) electrons. The second kappa shape index (κ2) is 6.83. The van der Waals surface area contributed by atoms with Crippen LogP contribution in [0, 0.1) is 5.41 Å². The molecule has 2 heterocycles. The average Bonchev–Trinajstić information content (AvgIpc) is 2.69. The number of rotatable bonds is 2. The number of nitrogens with zero attached hydrogens (tertiary/aromatic N) is 1. The number of para-hydroxylation sites is 1. The van der Waals surface area contributed by atoms with Crippen molar-refractivity contribution in [2.24, 2.45) is 5.41 Å². The van der Waals surface area contributed by atoms with E-state index >= 15 is 0 Å². The van der Waals surface area contributed by atoms with Gasteiger partial charge in [0.15, 0.2) is 0 Å². The van der Waals surface area contributed by atoms with Crippen LogP contribution in [0.2, 0.25) is 0 Å². The van der Waals surface area contributed by atoms with E-state index in [2.05, 4.69) is 47.4 Å². The number of allylic oxidation sites excluding steroid dienone is 3. The largest absolute Gasteiger partial charge is 0.409 e. The first-order valence-electron chi connectivity index (χ1n) is 9.63. The summed E-state index contributed by atoms with van der Waals surface area (Å²) in [5.41, 5.74) is 4.81. The summed E-state index contributed by atoms with van der Waals surface area (Å²) in [4.78, 5) is 14.9. The molecule has 0 amide bonds. The van der Waals surface area contributed by atoms with Gasteiger partial charge in [0.05, 0.1) is 17.1 Å². The number of ether oxygens (including phenoxy) is 1. The van der Waals surface area contributed by atoms with Crippen LogP contribution in [0.15, 0.2) is 78.2 Å². The van der Waals surface area contributed by atoms with Crippen LogP contribution < -0.4 is 4.90 Å². The summed E-state index contributed by atoms with van der Waals surface area (Å²) < 4.78 is 5.77. The molecule has 2 aromatic rings. The van der Waals surface area contributed by atoms with Gasteiger partial charge in [-0.1, -0.05) is 66.8 Å². The van der Waals surface area contributed by atoms with Crippen LogP contribution in [0.4, 0.5) is 5.69 Å². The monoisotopic (exact) mass is 371 g/mol. The van der Waals surface area contributed by atoms with E-state index in [1.807, 2.05) is 58.0 Å². The maximum absolute atomic E-state index is 12.8. The van der Waals surface area contributed by atoms with Gasteiger partial charge in [-0.3, -0.25) is 4.79 Å². The highest BCUT2D eigenvalue weighted by molar-refractivity contribution is 5.93. The highest BCUT2D eigenvalue weighted by Gasteiger charge is 2.49. The number of benzene rings is 2. The van der Waals surface area contributed by atoms with Crippen molar-refractivity contribution in [1.29, 1.82) is 0 Å². The first kappa shape index (κ1) is 18.3. The molecule has 1 atom stereocenters. The first-order valence-corrected chi connectivity index (χ1v) is 9.63. The van der Waals surface area contributed by atoms with Gasteiger partial charge in [-0.25, -0.2) is 0 Å². The smallest absolute Gasteiger partial charge is 0.320 e. The highest BCUT2D eigenvalue weighted by Crippen LogP contribution is 2.46. The third-order valence-electron chi connectivity index (χ3n) is 5.45. The summed E-state index contributed by atoms with van der Waals surface area (Å²) in [7, 11) is 0. The maximum Gasteiger partial charge on any atom is 0.320 e. The Kier molecular flexibility index (Phi) is 4.46.